The minimum atomic E-state index is -1.11. The van der Waals surface area contributed by atoms with Gasteiger partial charge in [0.2, 0.25) is 0 Å². The number of aromatic nitrogens is 6. The molecule has 1 amide bonds. The summed E-state index contributed by atoms with van der Waals surface area (Å²) >= 11 is 0. The highest BCUT2D eigenvalue weighted by Gasteiger charge is 2.17. The minimum absolute atomic E-state index is 0. The summed E-state index contributed by atoms with van der Waals surface area (Å²) in [5.41, 5.74) is 23.2. The number of nitrogens with two attached hydrogens (primary N) is 1. The lowest BCUT2D eigenvalue weighted by Crippen LogP contribution is -2.15. The second-order valence-electron chi connectivity index (χ2n) is 21.3. The quantitative estimate of drug-likeness (QED) is 0.0653. The third kappa shape index (κ3) is 15.7. The molecule has 12 rings (SSSR count). The van der Waals surface area contributed by atoms with E-state index in [9.17, 15) is 35.7 Å². The van der Waals surface area contributed by atoms with Gasteiger partial charge in [0.15, 0.2) is 0 Å². The number of hydrogen-bond acceptors (Lipinski definition) is 10. The molecule has 6 heterocycles. The number of amides is 1. The van der Waals surface area contributed by atoms with Gasteiger partial charge in [0.05, 0.1) is 30.3 Å². The fourth-order valence-corrected chi connectivity index (χ4v) is 10.2. The van der Waals surface area contributed by atoms with Crippen molar-refractivity contribution in [3.05, 3.63) is 274 Å². The summed E-state index contributed by atoms with van der Waals surface area (Å²) < 4.78 is 6.62. The van der Waals surface area contributed by atoms with Crippen LogP contribution in [0.3, 0.4) is 0 Å². The van der Waals surface area contributed by atoms with Gasteiger partial charge in [-0.05, 0) is 145 Å². The number of nitrogens with zero attached hydrogens (tertiary/aromatic N) is 8. The molecular formula is C75H75N9O5. The molecule has 0 unspecified atom stereocenters. The van der Waals surface area contributed by atoms with Gasteiger partial charge in [-0.15, -0.1) is 0 Å². The summed E-state index contributed by atoms with van der Waals surface area (Å²) in [4.78, 5) is 24.8. The van der Waals surface area contributed by atoms with Crippen LogP contribution in [0.1, 0.15) is 106 Å². The normalized spacial score (nSPS) is 11.3. The number of nitriles is 2. The van der Waals surface area contributed by atoms with E-state index >= 15 is 0 Å². The van der Waals surface area contributed by atoms with Crippen molar-refractivity contribution in [3.63, 3.8) is 0 Å². The Morgan fingerprint density at radius 1 is 0.494 bits per heavy atom. The van der Waals surface area contributed by atoms with Gasteiger partial charge < -0.3 is 39.9 Å². The lowest BCUT2D eigenvalue weighted by Gasteiger charge is -2.12. The van der Waals surface area contributed by atoms with Crippen LogP contribution in [-0.2, 0) is 19.6 Å². The molecule has 0 saturated heterocycles. The topological polar surface area (TPSA) is 225 Å². The maximum Gasteiger partial charge on any atom is 0.267 e. The standard InChI is InChI=1S/C24H23N3O3.C24H21N3O2.C24H19N3.3CH4/c1-15-2-4-16(5-3-15)13-27-9-8-18-10-17(6-7-22(18)27)20-11-19(23(29)14-28)12-21(26-20)24(25)30;1-16-2-4-17(5-3-16)14-27-9-8-19-10-18(6-7-23(19)27)22-12-20(24(29)15-28)11-21(13-25)26-22;1-3-18-12-22(15-25)26-23(13-18)20-8-9-24-21(14-20)10-11-27(24)16-19-6-4-17(2)5-7-19;;;/h2-12,23,28-29H,13-14H2,1H3,(H2,25,30);2-12,24,28-29H,14-15H2,1H3;3-14H,1,16H2,2H3;3*1H4/t23-;24-;;;;/m00..../s1. The molecule has 14 nitrogen and oxygen atoms in total. The molecule has 89 heavy (non-hydrogen) atoms. The SMILES string of the molecule is C.C.C.C=Cc1cc(C#N)nc(-c2ccc3c(ccn3Cc3ccc(C)cc3)c2)c1.Cc1ccc(Cn2ccc3cc(-c4cc([C@@H](O)CO)cc(C#N)n4)ccc32)cc1.Cc1ccc(Cn2ccc3cc(-c4cc([C@@H](O)CO)cc(C(N)=O)n4)ccc32)cc1. The van der Waals surface area contributed by atoms with E-state index in [2.05, 4.69) is 178 Å². The first-order valence-electron chi connectivity index (χ1n) is 28.0. The van der Waals surface area contributed by atoms with Gasteiger partial charge in [-0.25, -0.2) is 15.0 Å². The van der Waals surface area contributed by atoms with E-state index < -0.39 is 31.3 Å². The maximum atomic E-state index is 11.7. The van der Waals surface area contributed by atoms with Crippen molar-refractivity contribution in [1.82, 2.24) is 28.7 Å². The molecule has 14 heteroatoms. The Bertz CT molecular complexity index is 4510. The van der Waals surface area contributed by atoms with E-state index in [1.807, 2.05) is 60.8 Å². The van der Waals surface area contributed by atoms with E-state index in [0.29, 0.717) is 28.2 Å². The van der Waals surface area contributed by atoms with E-state index in [4.69, 9.17) is 5.73 Å². The van der Waals surface area contributed by atoms with Crippen LogP contribution in [-0.4, -0.2) is 68.2 Å². The second-order valence-corrected chi connectivity index (χ2v) is 21.3. The third-order valence-corrected chi connectivity index (χ3v) is 15.0. The zero-order valence-electron chi connectivity index (χ0n) is 47.9. The zero-order chi connectivity index (χ0) is 60.4. The molecule has 6 N–H and O–H groups in total. The van der Waals surface area contributed by atoms with Gasteiger partial charge >= 0.3 is 0 Å². The number of primary amides is 1. The Balaban J connectivity index is 0.000000187. The monoisotopic (exact) mass is 1180 g/mol. The van der Waals surface area contributed by atoms with Gasteiger partial charge in [0.1, 0.15) is 41.4 Å². The van der Waals surface area contributed by atoms with Crippen LogP contribution in [0.15, 0.2) is 207 Å². The van der Waals surface area contributed by atoms with Gasteiger partial charge in [-0.3, -0.25) is 4.79 Å². The minimum Gasteiger partial charge on any atom is -0.393 e. The Morgan fingerprint density at radius 3 is 1.19 bits per heavy atom. The van der Waals surface area contributed by atoms with Gasteiger partial charge in [-0.2, -0.15) is 10.5 Å². The van der Waals surface area contributed by atoms with Crippen molar-refractivity contribution < 1.29 is 25.2 Å². The molecule has 0 fully saturated rings. The number of aryl methyl sites for hydroxylation is 3. The number of hydrogen-bond donors (Lipinski definition) is 5. The molecular weight excluding hydrogens is 1110 g/mol. The molecule has 6 aromatic carbocycles. The Hall–Kier alpha value is -10.6. The van der Waals surface area contributed by atoms with Crippen LogP contribution >= 0.6 is 0 Å². The molecule has 2 atom stereocenters. The van der Waals surface area contributed by atoms with Crippen LogP contribution in [0.5, 0.6) is 0 Å². The lowest BCUT2D eigenvalue weighted by molar-refractivity contribution is 0.0948. The van der Waals surface area contributed by atoms with E-state index in [-0.39, 0.29) is 33.7 Å². The van der Waals surface area contributed by atoms with Crippen molar-refractivity contribution in [1.29, 1.82) is 10.5 Å². The highest BCUT2D eigenvalue weighted by atomic mass is 16.3. The highest BCUT2D eigenvalue weighted by molar-refractivity contribution is 5.92. The molecule has 0 bridgehead atoms. The molecule has 0 saturated carbocycles. The van der Waals surface area contributed by atoms with Crippen LogP contribution < -0.4 is 5.73 Å². The number of rotatable bonds is 15. The summed E-state index contributed by atoms with van der Waals surface area (Å²) in [6.45, 7) is 11.6. The van der Waals surface area contributed by atoms with E-state index in [1.54, 1.807) is 24.3 Å². The molecule has 12 aromatic rings. The molecule has 0 radical (unpaired) electrons. The second kappa shape index (κ2) is 29.7. The van der Waals surface area contributed by atoms with E-state index in [1.165, 1.54) is 51.0 Å². The van der Waals surface area contributed by atoms with Gasteiger partial charge in [-0.1, -0.05) is 143 Å². The first-order chi connectivity index (χ1) is 41.7. The zero-order valence-corrected chi connectivity index (χ0v) is 47.9. The predicted molar refractivity (Wildman–Crippen MR) is 359 cm³/mol. The van der Waals surface area contributed by atoms with Crippen LogP contribution in [0.25, 0.3) is 72.6 Å². The number of aliphatic hydroxyl groups is 4. The predicted octanol–water partition coefficient (Wildman–Crippen LogP) is 14.6. The largest absolute Gasteiger partial charge is 0.393 e. The summed E-state index contributed by atoms with van der Waals surface area (Å²) in [5, 5.41) is 60.2. The smallest absolute Gasteiger partial charge is 0.267 e. The third-order valence-electron chi connectivity index (χ3n) is 15.0. The van der Waals surface area contributed by atoms with Crippen molar-refractivity contribution in [2.24, 2.45) is 5.73 Å². The van der Waals surface area contributed by atoms with Crippen molar-refractivity contribution >= 4 is 44.7 Å². The summed E-state index contributed by atoms with van der Waals surface area (Å²) in [6.07, 6.45) is 5.81. The molecule has 0 aliphatic carbocycles. The summed E-state index contributed by atoms with van der Waals surface area (Å²) in [5.74, 6) is -0.687. The number of aliphatic hydroxyl groups excluding tert-OH is 4. The Morgan fingerprint density at radius 2 is 0.843 bits per heavy atom. The van der Waals surface area contributed by atoms with Crippen LogP contribution in [0.4, 0.5) is 0 Å². The van der Waals surface area contributed by atoms with Gasteiger partial charge in [0.25, 0.3) is 5.91 Å². The Kier molecular flexibility index (Phi) is 22.0. The molecule has 6 aromatic heterocycles. The molecule has 0 aliphatic heterocycles. The fraction of sp³-hybridized carbons (Fsp3) is 0.173. The highest BCUT2D eigenvalue weighted by Crippen LogP contribution is 2.31. The average molecular weight is 1180 g/mol. The summed E-state index contributed by atoms with van der Waals surface area (Å²) in [7, 11) is 0. The maximum absolute atomic E-state index is 11.7. The first kappa shape index (κ1) is 66.0. The number of benzene rings is 6. The van der Waals surface area contributed by atoms with Crippen LogP contribution in [0, 0.1) is 43.4 Å². The molecule has 0 aliphatic rings. The fourth-order valence-electron chi connectivity index (χ4n) is 10.2. The van der Waals surface area contributed by atoms with Crippen molar-refractivity contribution in [2.45, 2.75) is 74.9 Å². The number of fused-ring (bicyclic) bond motifs is 3. The first-order valence-corrected chi connectivity index (χ1v) is 28.0. The summed E-state index contributed by atoms with van der Waals surface area (Å²) in [6, 6.07) is 64.2. The van der Waals surface area contributed by atoms with Crippen molar-refractivity contribution in [3.8, 4) is 45.9 Å². The molecule has 0 spiro atoms. The van der Waals surface area contributed by atoms with Crippen molar-refractivity contribution in [2.75, 3.05) is 13.2 Å². The average Bonchev–Trinajstić information content (AvgIpc) is 2.09. The molecule has 450 valence electrons. The Labute approximate surface area is 520 Å². The van der Waals surface area contributed by atoms with Crippen LogP contribution in [0.2, 0.25) is 0 Å². The number of carbonyl (C=O) groups excluding carboxylic acids is 1. The number of pyridine rings is 3. The van der Waals surface area contributed by atoms with E-state index in [0.717, 1.165) is 74.8 Å². The van der Waals surface area contributed by atoms with Gasteiger partial charge in [0, 0.05) is 87.6 Å². The lowest BCUT2D eigenvalue weighted by atomic mass is 10.0. The number of carbonyl (C=O) groups is 1.